The third-order valence-electron chi connectivity index (χ3n) is 4.82. The van der Waals surface area contributed by atoms with Crippen molar-refractivity contribution >= 4 is 40.4 Å². The van der Waals surface area contributed by atoms with Gasteiger partial charge < -0.3 is 5.32 Å². The average Bonchev–Trinajstić information content (AvgIpc) is 3.22. The first-order valence-corrected chi connectivity index (χ1v) is 10.2. The van der Waals surface area contributed by atoms with Gasteiger partial charge in [0.1, 0.15) is 5.82 Å². The molecule has 6 heteroatoms. The van der Waals surface area contributed by atoms with Gasteiger partial charge in [0, 0.05) is 22.9 Å². The quantitative estimate of drug-likeness (QED) is 0.330. The Morgan fingerprint density at radius 2 is 1.43 bits per heavy atom. The number of fused-ring (bicyclic) bond motifs is 1. The van der Waals surface area contributed by atoms with Gasteiger partial charge in [-0.1, -0.05) is 83.9 Å². The summed E-state index contributed by atoms with van der Waals surface area (Å²) in [5.74, 6) is 0.777. The van der Waals surface area contributed by atoms with E-state index in [1.807, 2.05) is 66.9 Å². The number of nitrogens with one attached hydrogen (secondary N) is 1. The zero-order valence-electron chi connectivity index (χ0n) is 15.8. The van der Waals surface area contributed by atoms with Crippen LogP contribution in [0.4, 0.5) is 11.5 Å². The fourth-order valence-corrected chi connectivity index (χ4v) is 3.65. The SMILES string of the molecule is Clc1ccc(Nc2cc(-c3ccccc3)nc3c(-c4ccccc4)cnn23)cc1Cl. The van der Waals surface area contributed by atoms with E-state index in [9.17, 15) is 0 Å². The Labute approximate surface area is 183 Å². The van der Waals surface area contributed by atoms with E-state index in [0.29, 0.717) is 10.0 Å². The van der Waals surface area contributed by atoms with Crippen molar-refractivity contribution in [2.45, 2.75) is 0 Å². The van der Waals surface area contributed by atoms with E-state index in [1.165, 1.54) is 0 Å². The Hall–Kier alpha value is -3.34. The molecule has 3 aromatic carbocycles. The second-order valence-corrected chi connectivity index (χ2v) is 7.62. The number of aromatic nitrogens is 3. The van der Waals surface area contributed by atoms with Gasteiger partial charge in [0.25, 0.3) is 0 Å². The van der Waals surface area contributed by atoms with E-state index in [2.05, 4.69) is 22.5 Å². The number of hydrogen-bond donors (Lipinski definition) is 1. The Morgan fingerprint density at radius 3 is 2.13 bits per heavy atom. The van der Waals surface area contributed by atoms with Gasteiger partial charge in [0.2, 0.25) is 0 Å². The van der Waals surface area contributed by atoms with Gasteiger partial charge in [-0.15, -0.1) is 0 Å². The number of nitrogens with zero attached hydrogens (tertiary/aromatic N) is 3. The summed E-state index contributed by atoms with van der Waals surface area (Å²) in [6.45, 7) is 0. The molecule has 0 radical (unpaired) electrons. The van der Waals surface area contributed by atoms with Gasteiger partial charge in [-0.3, -0.25) is 0 Å². The van der Waals surface area contributed by atoms with Gasteiger partial charge in [-0.05, 0) is 23.8 Å². The summed E-state index contributed by atoms with van der Waals surface area (Å²) in [6, 6.07) is 27.6. The number of benzene rings is 3. The van der Waals surface area contributed by atoms with Crippen molar-refractivity contribution in [3.8, 4) is 22.4 Å². The van der Waals surface area contributed by atoms with Crippen molar-refractivity contribution in [1.29, 1.82) is 0 Å². The minimum absolute atomic E-state index is 0.487. The van der Waals surface area contributed by atoms with Gasteiger partial charge in [-0.25, -0.2) is 4.98 Å². The molecule has 0 saturated carbocycles. The predicted octanol–water partition coefficient (Wildman–Crippen LogP) is 7.11. The van der Waals surface area contributed by atoms with Crippen molar-refractivity contribution in [2.75, 3.05) is 5.32 Å². The molecule has 0 saturated heterocycles. The number of rotatable bonds is 4. The Kier molecular flexibility index (Phi) is 4.87. The van der Waals surface area contributed by atoms with Gasteiger partial charge in [-0.2, -0.15) is 9.61 Å². The molecule has 0 amide bonds. The summed E-state index contributed by atoms with van der Waals surface area (Å²) >= 11 is 12.3. The lowest BCUT2D eigenvalue weighted by Crippen LogP contribution is -2.02. The number of anilines is 2. The molecule has 0 bridgehead atoms. The second kappa shape index (κ2) is 7.82. The van der Waals surface area contributed by atoms with Crippen LogP contribution in [-0.4, -0.2) is 14.6 Å². The first kappa shape index (κ1) is 18.7. The van der Waals surface area contributed by atoms with Crippen LogP contribution in [0.3, 0.4) is 0 Å². The highest BCUT2D eigenvalue weighted by Gasteiger charge is 2.14. The summed E-state index contributed by atoms with van der Waals surface area (Å²) in [5, 5.41) is 9.00. The number of hydrogen-bond acceptors (Lipinski definition) is 3. The van der Waals surface area contributed by atoms with Gasteiger partial charge >= 0.3 is 0 Å². The van der Waals surface area contributed by atoms with Gasteiger partial charge in [0.15, 0.2) is 5.65 Å². The molecule has 0 atom stereocenters. The summed E-state index contributed by atoms with van der Waals surface area (Å²) in [5.41, 5.74) is 5.48. The minimum atomic E-state index is 0.487. The highest BCUT2D eigenvalue weighted by atomic mass is 35.5. The molecule has 0 aliphatic heterocycles. The highest BCUT2D eigenvalue weighted by Crippen LogP contribution is 2.31. The summed E-state index contributed by atoms with van der Waals surface area (Å²) in [7, 11) is 0. The first-order valence-electron chi connectivity index (χ1n) is 9.41. The fourth-order valence-electron chi connectivity index (χ4n) is 3.35. The van der Waals surface area contributed by atoms with Crippen LogP contribution in [-0.2, 0) is 0 Å². The molecular weight excluding hydrogens is 415 g/mol. The molecule has 0 aliphatic rings. The monoisotopic (exact) mass is 430 g/mol. The minimum Gasteiger partial charge on any atom is -0.340 e. The van der Waals surface area contributed by atoms with Gasteiger partial charge in [0.05, 0.1) is 21.9 Å². The molecule has 4 nitrogen and oxygen atoms in total. The van der Waals surface area contributed by atoms with E-state index >= 15 is 0 Å². The topological polar surface area (TPSA) is 42.2 Å². The Bertz CT molecular complexity index is 1330. The molecule has 1 N–H and O–H groups in total. The maximum Gasteiger partial charge on any atom is 0.165 e. The van der Waals surface area contributed by atoms with Crippen LogP contribution in [0, 0.1) is 0 Å². The van der Waals surface area contributed by atoms with E-state index in [0.717, 1.165) is 39.5 Å². The van der Waals surface area contributed by atoms with Crippen LogP contribution in [0.5, 0.6) is 0 Å². The first-order chi connectivity index (χ1) is 14.7. The van der Waals surface area contributed by atoms with Crippen molar-refractivity contribution in [1.82, 2.24) is 14.6 Å². The zero-order valence-corrected chi connectivity index (χ0v) is 17.3. The normalized spacial score (nSPS) is 11.0. The lowest BCUT2D eigenvalue weighted by Gasteiger charge is -2.12. The molecule has 30 heavy (non-hydrogen) atoms. The molecule has 0 aliphatic carbocycles. The van der Waals surface area contributed by atoms with Crippen LogP contribution < -0.4 is 5.32 Å². The Morgan fingerprint density at radius 1 is 0.733 bits per heavy atom. The molecule has 2 heterocycles. The van der Waals surface area contributed by atoms with Crippen molar-refractivity contribution in [3.63, 3.8) is 0 Å². The van der Waals surface area contributed by atoms with E-state index in [-0.39, 0.29) is 0 Å². The predicted molar refractivity (Wildman–Crippen MR) is 124 cm³/mol. The van der Waals surface area contributed by atoms with E-state index in [4.69, 9.17) is 28.2 Å². The third kappa shape index (κ3) is 3.52. The number of halogens is 2. The maximum atomic E-state index is 6.20. The van der Waals surface area contributed by atoms with Crippen LogP contribution in [0.25, 0.3) is 28.0 Å². The van der Waals surface area contributed by atoms with Crippen molar-refractivity contribution in [2.24, 2.45) is 0 Å². The van der Waals surface area contributed by atoms with Crippen LogP contribution in [0.1, 0.15) is 0 Å². The van der Waals surface area contributed by atoms with Crippen molar-refractivity contribution in [3.05, 3.63) is 101 Å². The standard InChI is InChI=1S/C24H16Cl2N4/c25-20-12-11-18(13-21(20)26)28-23-14-22(17-9-5-2-6-10-17)29-24-19(15-27-30(23)24)16-7-3-1-4-8-16/h1-15,28H. The zero-order chi connectivity index (χ0) is 20.5. The molecule has 146 valence electrons. The van der Waals surface area contributed by atoms with Crippen LogP contribution >= 0.6 is 23.2 Å². The lowest BCUT2D eigenvalue weighted by molar-refractivity contribution is 0.949. The molecule has 0 unspecified atom stereocenters. The summed E-state index contributed by atoms with van der Waals surface area (Å²) in [6.07, 6.45) is 1.84. The summed E-state index contributed by atoms with van der Waals surface area (Å²) in [4.78, 5) is 4.93. The molecule has 0 spiro atoms. The molecule has 0 fully saturated rings. The molecule has 2 aromatic heterocycles. The highest BCUT2D eigenvalue weighted by molar-refractivity contribution is 6.42. The largest absolute Gasteiger partial charge is 0.340 e. The lowest BCUT2D eigenvalue weighted by atomic mass is 10.1. The fraction of sp³-hybridized carbons (Fsp3) is 0. The van der Waals surface area contributed by atoms with Crippen molar-refractivity contribution < 1.29 is 0 Å². The smallest absolute Gasteiger partial charge is 0.165 e. The Balaban J connectivity index is 1.70. The van der Waals surface area contributed by atoms with Crippen LogP contribution in [0.2, 0.25) is 10.0 Å². The molecular formula is C24H16Cl2N4. The summed E-state index contributed by atoms with van der Waals surface area (Å²) < 4.78 is 1.80. The van der Waals surface area contributed by atoms with E-state index < -0.39 is 0 Å². The maximum absolute atomic E-state index is 6.20. The van der Waals surface area contributed by atoms with E-state index in [1.54, 1.807) is 16.6 Å². The van der Waals surface area contributed by atoms with Crippen LogP contribution in [0.15, 0.2) is 91.1 Å². The second-order valence-electron chi connectivity index (χ2n) is 6.81. The molecule has 5 aromatic rings. The average molecular weight is 431 g/mol. The molecule has 5 rings (SSSR count). The third-order valence-corrected chi connectivity index (χ3v) is 5.56.